The molecule has 0 aliphatic heterocycles. The van der Waals surface area contributed by atoms with Gasteiger partial charge in [0.05, 0.1) is 15.1 Å². The first-order valence-corrected chi connectivity index (χ1v) is 15.7. The standard InChI is InChI=1S/C45H27N3O2/c1-3-9-28(10-4-1)32-21-24-40-38(25-32)37-23-20-34(27-42(37)50-40)45-47-43(30-11-5-2-6-12-30)46-44(48-45)31-17-15-29(16-18-31)33-19-22-36-35-13-7-8-14-39(35)49-41(36)26-33/h1-27H/i7D,8D,13D,14D,15D,16D,17D,18D,19D,22D,26D. The van der Waals surface area contributed by atoms with Gasteiger partial charge in [0, 0.05) is 38.2 Å². The Labute approximate surface area is 302 Å². The second-order valence-electron chi connectivity index (χ2n) is 11.6. The molecule has 0 aliphatic rings. The summed E-state index contributed by atoms with van der Waals surface area (Å²) in [6.07, 6.45) is 0. The third-order valence-electron chi connectivity index (χ3n) is 8.49. The SMILES string of the molecule is [2H]c1c([2H])c(-c2c([2H])c([2H])c3c(oc4c([2H])c([2H])c([2H])c([2H])c43)c2[2H])c([2H])c([2H])c1-c1nc(-c2ccccc2)nc(-c2ccc3c(c2)oc2ccc(-c4ccccc4)cc23)n1. The predicted octanol–water partition coefficient (Wildman–Crippen LogP) is 12.0. The fourth-order valence-corrected chi connectivity index (χ4v) is 6.03. The van der Waals surface area contributed by atoms with Crippen molar-refractivity contribution in [2.75, 3.05) is 0 Å². The summed E-state index contributed by atoms with van der Waals surface area (Å²) in [5.74, 6) is 0.200. The minimum Gasteiger partial charge on any atom is -0.456 e. The Hall–Kier alpha value is -6.85. The highest BCUT2D eigenvalue weighted by Gasteiger charge is 2.16. The maximum atomic E-state index is 9.22. The highest BCUT2D eigenvalue weighted by atomic mass is 16.3. The van der Waals surface area contributed by atoms with Gasteiger partial charge in [-0.3, -0.25) is 0 Å². The lowest BCUT2D eigenvalue weighted by molar-refractivity contribution is 0.668. The van der Waals surface area contributed by atoms with Gasteiger partial charge >= 0.3 is 0 Å². The molecule has 0 saturated heterocycles. The van der Waals surface area contributed by atoms with Crippen molar-refractivity contribution >= 4 is 43.9 Å². The van der Waals surface area contributed by atoms with Gasteiger partial charge in [0.2, 0.25) is 0 Å². The minimum absolute atomic E-state index is 0.168. The number of hydrogen-bond acceptors (Lipinski definition) is 5. The van der Waals surface area contributed by atoms with Crippen molar-refractivity contribution in [1.82, 2.24) is 15.0 Å². The van der Waals surface area contributed by atoms with Crippen LogP contribution in [0.15, 0.2) is 172 Å². The maximum absolute atomic E-state index is 9.22. The van der Waals surface area contributed by atoms with E-state index in [4.69, 9.17) is 28.4 Å². The summed E-state index contributed by atoms with van der Waals surface area (Å²) in [5, 5.41) is 1.41. The zero-order valence-electron chi connectivity index (χ0n) is 36.9. The Morgan fingerprint density at radius 3 is 1.78 bits per heavy atom. The fraction of sp³-hybridized carbons (Fsp3) is 0. The zero-order valence-corrected chi connectivity index (χ0v) is 25.9. The van der Waals surface area contributed by atoms with Crippen LogP contribution in [0.2, 0.25) is 0 Å². The molecule has 0 aliphatic carbocycles. The molecular formula is C45H27N3O2. The van der Waals surface area contributed by atoms with Gasteiger partial charge in [-0.05, 0) is 64.6 Å². The molecular weight excluding hydrogens is 615 g/mol. The van der Waals surface area contributed by atoms with Crippen LogP contribution in [0.4, 0.5) is 0 Å². The summed E-state index contributed by atoms with van der Waals surface area (Å²) in [6, 6.07) is 24.1. The van der Waals surface area contributed by atoms with E-state index >= 15 is 0 Å². The van der Waals surface area contributed by atoms with Crippen LogP contribution < -0.4 is 0 Å². The third kappa shape index (κ3) is 4.83. The number of hydrogen-bond donors (Lipinski definition) is 0. The van der Waals surface area contributed by atoms with Gasteiger partial charge in [-0.2, -0.15) is 0 Å². The summed E-state index contributed by atoms with van der Waals surface area (Å²) in [7, 11) is 0. The molecule has 0 N–H and O–H groups in total. The molecule has 10 rings (SSSR count). The molecule has 50 heavy (non-hydrogen) atoms. The van der Waals surface area contributed by atoms with Crippen LogP contribution in [0.3, 0.4) is 0 Å². The molecule has 5 heteroatoms. The molecule has 3 aromatic heterocycles. The molecule has 7 aromatic carbocycles. The van der Waals surface area contributed by atoms with E-state index in [1.165, 1.54) is 0 Å². The Morgan fingerprint density at radius 2 is 0.980 bits per heavy atom. The average Bonchev–Trinajstić information content (AvgIpc) is 3.87. The van der Waals surface area contributed by atoms with Crippen LogP contribution in [0.25, 0.3) is 100 Å². The van der Waals surface area contributed by atoms with Crippen LogP contribution >= 0.6 is 0 Å². The molecule has 10 aromatic rings. The Kier molecular flexibility index (Phi) is 4.38. The molecule has 0 amide bonds. The lowest BCUT2D eigenvalue weighted by atomic mass is 10.0. The molecule has 3 heterocycles. The normalized spacial score (nSPS) is 14.7. The zero-order chi connectivity index (χ0) is 42.6. The van der Waals surface area contributed by atoms with E-state index in [0.717, 1.165) is 21.9 Å². The monoisotopic (exact) mass is 652 g/mol. The van der Waals surface area contributed by atoms with E-state index < -0.39 is 77.6 Å². The Balaban J connectivity index is 1.15. The van der Waals surface area contributed by atoms with Crippen LogP contribution in [-0.2, 0) is 0 Å². The number of furan rings is 2. The summed E-state index contributed by atoms with van der Waals surface area (Å²) in [6.45, 7) is 0. The van der Waals surface area contributed by atoms with Gasteiger partial charge in [-0.1, -0.05) is 121 Å². The van der Waals surface area contributed by atoms with E-state index in [-0.39, 0.29) is 45.0 Å². The van der Waals surface area contributed by atoms with Gasteiger partial charge in [0.1, 0.15) is 22.3 Å². The average molecular weight is 653 g/mol. The number of benzene rings is 7. The van der Waals surface area contributed by atoms with Crippen molar-refractivity contribution in [3.8, 4) is 56.4 Å². The van der Waals surface area contributed by atoms with Crippen molar-refractivity contribution in [2.24, 2.45) is 0 Å². The minimum atomic E-state index is -0.646. The van der Waals surface area contributed by atoms with E-state index in [9.17, 15) is 5.48 Å². The smallest absolute Gasteiger partial charge is 0.164 e. The number of aromatic nitrogens is 3. The molecule has 0 bridgehead atoms. The first-order chi connectivity index (χ1) is 29.3. The number of para-hydroxylation sites is 1. The lowest BCUT2D eigenvalue weighted by Crippen LogP contribution is -2.00. The fourth-order valence-electron chi connectivity index (χ4n) is 6.03. The number of rotatable bonds is 5. The van der Waals surface area contributed by atoms with E-state index in [2.05, 4.69) is 11.1 Å². The first-order valence-electron chi connectivity index (χ1n) is 21.2. The lowest BCUT2D eigenvalue weighted by Gasteiger charge is -2.09. The van der Waals surface area contributed by atoms with Crippen LogP contribution in [-0.4, -0.2) is 15.0 Å². The summed E-state index contributed by atoms with van der Waals surface area (Å²) >= 11 is 0. The molecule has 234 valence electrons. The number of fused-ring (bicyclic) bond motifs is 6. The molecule has 0 atom stereocenters. The molecule has 5 nitrogen and oxygen atoms in total. The van der Waals surface area contributed by atoms with E-state index in [0.29, 0.717) is 22.3 Å². The van der Waals surface area contributed by atoms with E-state index in [1.54, 1.807) is 30.3 Å². The van der Waals surface area contributed by atoms with E-state index in [1.807, 2.05) is 60.7 Å². The highest BCUT2D eigenvalue weighted by Crippen LogP contribution is 2.36. The molecule has 0 spiro atoms. The predicted molar refractivity (Wildman–Crippen MR) is 202 cm³/mol. The largest absolute Gasteiger partial charge is 0.456 e. The second-order valence-corrected chi connectivity index (χ2v) is 11.6. The van der Waals surface area contributed by atoms with Gasteiger partial charge in [-0.15, -0.1) is 0 Å². The van der Waals surface area contributed by atoms with Crippen LogP contribution in [0.1, 0.15) is 15.1 Å². The highest BCUT2D eigenvalue weighted by molar-refractivity contribution is 6.07. The van der Waals surface area contributed by atoms with Crippen molar-refractivity contribution in [2.45, 2.75) is 0 Å². The summed E-state index contributed by atoms with van der Waals surface area (Å²) < 4.78 is 109. The van der Waals surface area contributed by atoms with Gasteiger partial charge in [-0.25, -0.2) is 15.0 Å². The molecule has 0 unspecified atom stereocenters. The third-order valence-corrected chi connectivity index (χ3v) is 8.49. The summed E-state index contributed by atoms with van der Waals surface area (Å²) in [5.41, 5.74) is 2.66. The molecule has 0 saturated carbocycles. The van der Waals surface area contributed by atoms with Crippen molar-refractivity contribution in [1.29, 1.82) is 0 Å². The van der Waals surface area contributed by atoms with Crippen molar-refractivity contribution < 1.29 is 23.9 Å². The maximum Gasteiger partial charge on any atom is 0.164 e. The van der Waals surface area contributed by atoms with Crippen LogP contribution in [0, 0.1) is 0 Å². The van der Waals surface area contributed by atoms with Gasteiger partial charge in [0.25, 0.3) is 0 Å². The quantitative estimate of drug-likeness (QED) is 0.185. The van der Waals surface area contributed by atoms with Gasteiger partial charge < -0.3 is 8.83 Å². The Bertz CT molecular complexity index is 3470. The molecule has 0 fully saturated rings. The Morgan fingerprint density at radius 1 is 0.360 bits per heavy atom. The molecule has 0 radical (unpaired) electrons. The van der Waals surface area contributed by atoms with Gasteiger partial charge in [0.15, 0.2) is 17.5 Å². The van der Waals surface area contributed by atoms with Crippen molar-refractivity contribution in [3.63, 3.8) is 0 Å². The van der Waals surface area contributed by atoms with Crippen LogP contribution in [0.5, 0.6) is 0 Å². The first kappa shape index (κ1) is 19.2. The second kappa shape index (κ2) is 11.4. The van der Waals surface area contributed by atoms with Crippen molar-refractivity contribution in [3.05, 3.63) is 164 Å². The summed E-state index contributed by atoms with van der Waals surface area (Å²) in [4.78, 5) is 14.1. The topological polar surface area (TPSA) is 65.0 Å². The number of nitrogens with zero attached hydrogens (tertiary/aromatic N) is 3.